The smallest absolute Gasteiger partial charge is 0.338 e. The summed E-state index contributed by atoms with van der Waals surface area (Å²) in [5.74, 6) is -2.22. The molecule has 4 rings (SSSR count). The molecule has 2 amide bonds. The molecule has 0 spiro atoms. The van der Waals surface area contributed by atoms with E-state index in [-0.39, 0.29) is 21.8 Å². The summed E-state index contributed by atoms with van der Waals surface area (Å²) in [6.07, 6.45) is 0. The molecule has 0 saturated carbocycles. The van der Waals surface area contributed by atoms with E-state index in [9.17, 15) is 19.2 Å². The number of ketones is 1. The van der Waals surface area contributed by atoms with Crippen molar-refractivity contribution in [2.45, 2.75) is 0 Å². The molecule has 1 aliphatic rings. The molecule has 8 heteroatoms. The molecule has 1 heterocycles. The van der Waals surface area contributed by atoms with Crippen molar-refractivity contribution in [1.82, 2.24) is 0 Å². The number of carbonyl (C=O) groups excluding carboxylic acids is 4. The van der Waals surface area contributed by atoms with Crippen molar-refractivity contribution in [3.8, 4) is 0 Å². The summed E-state index contributed by atoms with van der Waals surface area (Å²) >= 11 is 11.8. The van der Waals surface area contributed by atoms with Gasteiger partial charge in [0.2, 0.25) is 5.78 Å². The molecule has 154 valence electrons. The first-order chi connectivity index (χ1) is 14.9. The van der Waals surface area contributed by atoms with Crippen LogP contribution in [-0.4, -0.2) is 30.2 Å². The molecule has 0 saturated heterocycles. The quantitative estimate of drug-likeness (QED) is 0.313. The van der Waals surface area contributed by atoms with Crippen LogP contribution in [0.1, 0.15) is 41.4 Å². The fourth-order valence-electron chi connectivity index (χ4n) is 3.20. The summed E-state index contributed by atoms with van der Waals surface area (Å²) in [5, 5.41) is 0.532. The standard InChI is InChI=1S/C23H13Cl2NO5/c24-14-8-9-18(19(25)11-14)20(27)12-31-23(30)13-4-3-5-15(10-13)26-21(28)16-6-1-2-7-17(16)22(26)29/h1-11H,12H2. The van der Waals surface area contributed by atoms with E-state index in [0.717, 1.165) is 4.90 Å². The molecule has 3 aromatic carbocycles. The Kier molecular flexibility index (Phi) is 5.59. The number of nitrogens with zero attached hydrogens (tertiary/aromatic N) is 1. The van der Waals surface area contributed by atoms with Crippen LogP contribution in [0.4, 0.5) is 5.69 Å². The second-order valence-corrected chi connectivity index (χ2v) is 7.51. The van der Waals surface area contributed by atoms with Gasteiger partial charge in [0.15, 0.2) is 6.61 Å². The number of anilines is 1. The van der Waals surface area contributed by atoms with Gasteiger partial charge < -0.3 is 4.74 Å². The van der Waals surface area contributed by atoms with Crippen molar-refractivity contribution in [3.05, 3.63) is 99.0 Å². The van der Waals surface area contributed by atoms with E-state index >= 15 is 0 Å². The Balaban J connectivity index is 1.50. The van der Waals surface area contributed by atoms with Crippen LogP contribution in [-0.2, 0) is 4.74 Å². The van der Waals surface area contributed by atoms with Gasteiger partial charge >= 0.3 is 5.97 Å². The Morgan fingerprint density at radius 3 is 2.16 bits per heavy atom. The lowest BCUT2D eigenvalue weighted by atomic mass is 10.1. The Morgan fingerprint density at radius 2 is 1.52 bits per heavy atom. The molecule has 3 aromatic rings. The van der Waals surface area contributed by atoms with Gasteiger partial charge in [0.1, 0.15) is 0 Å². The number of amides is 2. The third kappa shape index (κ3) is 3.95. The fraction of sp³-hybridized carbons (Fsp3) is 0.0435. The van der Waals surface area contributed by atoms with E-state index in [1.54, 1.807) is 24.3 Å². The third-order valence-electron chi connectivity index (χ3n) is 4.70. The monoisotopic (exact) mass is 453 g/mol. The molecule has 0 radical (unpaired) electrons. The van der Waals surface area contributed by atoms with Gasteiger partial charge in [0.05, 0.1) is 27.4 Å². The van der Waals surface area contributed by atoms with Gasteiger partial charge in [-0.25, -0.2) is 9.69 Å². The second-order valence-electron chi connectivity index (χ2n) is 6.67. The maximum absolute atomic E-state index is 12.6. The van der Waals surface area contributed by atoms with Gasteiger partial charge in [-0.1, -0.05) is 41.4 Å². The zero-order valence-electron chi connectivity index (χ0n) is 15.8. The second kappa shape index (κ2) is 8.34. The predicted octanol–water partition coefficient (Wildman–Crippen LogP) is 4.83. The Bertz CT molecular complexity index is 1220. The molecule has 0 N–H and O–H groups in total. The van der Waals surface area contributed by atoms with E-state index in [2.05, 4.69) is 0 Å². The normalized spacial score (nSPS) is 12.6. The molecular formula is C23H13Cl2NO5. The molecule has 0 unspecified atom stereocenters. The average Bonchev–Trinajstić information content (AvgIpc) is 3.02. The maximum Gasteiger partial charge on any atom is 0.338 e. The van der Waals surface area contributed by atoms with Gasteiger partial charge in [-0.3, -0.25) is 14.4 Å². The molecular weight excluding hydrogens is 441 g/mol. The molecule has 0 aliphatic carbocycles. The highest BCUT2D eigenvalue weighted by atomic mass is 35.5. The number of halogens is 2. The molecule has 6 nitrogen and oxygen atoms in total. The van der Waals surface area contributed by atoms with Gasteiger partial charge in [0, 0.05) is 10.6 Å². The Labute approximate surface area is 186 Å². The largest absolute Gasteiger partial charge is 0.454 e. The number of hydrogen-bond donors (Lipinski definition) is 0. The summed E-state index contributed by atoms with van der Waals surface area (Å²) in [5.41, 5.74) is 1.09. The predicted molar refractivity (Wildman–Crippen MR) is 115 cm³/mol. The summed E-state index contributed by atoms with van der Waals surface area (Å²) in [4.78, 5) is 51.0. The zero-order valence-corrected chi connectivity index (χ0v) is 17.3. The minimum absolute atomic E-state index is 0.0871. The lowest BCUT2D eigenvalue weighted by molar-refractivity contribution is 0.0474. The number of carbonyl (C=O) groups is 4. The lowest BCUT2D eigenvalue weighted by Crippen LogP contribution is -2.29. The van der Waals surface area contributed by atoms with Crippen LogP contribution in [0.25, 0.3) is 0 Å². The first-order valence-corrected chi connectivity index (χ1v) is 9.85. The average molecular weight is 454 g/mol. The van der Waals surface area contributed by atoms with Crippen LogP contribution in [0, 0.1) is 0 Å². The number of hydrogen-bond acceptors (Lipinski definition) is 5. The first kappa shape index (κ1) is 20.8. The molecule has 0 bridgehead atoms. The molecule has 1 aliphatic heterocycles. The van der Waals surface area contributed by atoms with Crippen LogP contribution in [0.5, 0.6) is 0 Å². The molecule has 0 fully saturated rings. The number of Topliss-reactive ketones (excluding diaryl/α,β-unsaturated/α-hetero) is 1. The van der Waals surface area contributed by atoms with Crippen LogP contribution < -0.4 is 4.90 Å². The van der Waals surface area contributed by atoms with Crippen LogP contribution >= 0.6 is 23.2 Å². The van der Waals surface area contributed by atoms with Crippen molar-refractivity contribution >= 4 is 52.5 Å². The highest BCUT2D eigenvalue weighted by molar-refractivity contribution is 6.37. The topological polar surface area (TPSA) is 80.8 Å². The number of ether oxygens (including phenoxy) is 1. The van der Waals surface area contributed by atoms with Crippen LogP contribution in [0.2, 0.25) is 10.0 Å². The number of fused-ring (bicyclic) bond motifs is 1. The minimum Gasteiger partial charge on any atom is -0.454 e. The highest BCUT2D eigenvalue weighted by Crippen LogP contribution is 2.29. The van der Waals surface area contributed by atoms with E-state index in [4.69, 9.17) is 27.9 Å². The van der Waals surface area contributed by atoms with Crippen molar-refractivity contribution in [1.29, 1.82) is 0 Å². The maximum atomic E-state index is 12.6. The Morgan fingerprint density at radius 1 is 0.839 bits per heavy atom. The fourth-order valence-corrected chi connectivity index (χ4v) is 3.72. The van der Waals surface area contributed by atoms with Gasteiger partial charge in [-0.15, -0.1) is 0 Å². The summed E-state index contributed by atoms with van der Waals surface area (Å²) < 4.78 is 5.09. The van der Waals surface area contributed by atoms with Gasteiger partial charge in [-0.2, -0.15) is 0 Å². The van der Waals surface area contributed by atoms with Crippen LogP contribution in [0.3, 0.4) is 0 Å². The lowest BCUT2D eigenvalue weighted by Gasteiger charge is -2.14. The van der Waals surface area contributed by atoms with Gasteiger partial charge in [-0.05, 0) is 48.5 Å². The van der Waals surface area contributed by atoms with E-state index in [1.165, 1.54) is 42.5 Å². The van der Waals surface area contributed by atoms with E-state index in [1.807, 2.05) is 0 Å². The zero-order chi connectivity index (χ0) is 22.1. The molecule has 0 atom stereocenters. The van der Waals surface area contributed by atoms with Crippen molar-refractivity contribution < 1.29 is 23.9 Å². The first-order valence-electron chi connectivity index (χ1n) is 9.10. The SMILES string of the molecule is O=C(OCC(=O)c1ccc(Cl)cc1Cl)c1cccc(N2C(=O)c3ccccc3C2=O)c1. The molecule has 0 aromatic heterocycles. The van der Waals surface area contributed by atoms with Crippen molar-refractivity contribution in [2.75, 3.05) is 11.5 Å². The van der Waals surface area contributed by atoms with Gasteiger partial charge in [0.25, 0.3) is 11.8 Å². The van der Waals surface area contributed by atoms with E-state index in [0.29, 0.717) is 16.1 Å². The minimum atomic E-state index is -0.781. The summed E-state index contributed by atoms with van der Waals surface area (Å²) in [6.45, 7) is -0.530. The summed E-state index contributed by atoms with van der Waals surface area (Å²) in [6, 6.07) is 16.7. The number of rotatable bonds is 5. The number of benzene rings is 3. The van der Waals surface area contributed by atoms with Crippen molar-refractivity contribution in [3.63, 3.8) is 0 Å². The third-order valence-corrected chi connectivity index (χ3v) is 5.25. The number of imide groups is 1. The summed E-state index contributed by atoms with van der Waals surface area (Å²) in [7, 11) is 0. The molecule has 31 heavy (non-hydrogen) atoms. The van der Waals surface area contributed by atoms with Crippen LogP contribution in [0.15, 0.2) is 66.7 Å². The Hall–Kier alpha value is -3.48. The van der Waals surface area contributed by atoms with Crippen molar-refractivity contribution in [2.24, 2.45) is 0 Å². The van der Waals surface area contributed by atoms with E-state index < -0.39 is 30.2 Å². The number of esters is 1. The highest BCUT2D eigenvalue weighted by Gasteiger charge is 2.36.